The monoisotopic (exact) mass is 328 g/mol. The third-order valence-corrected chi connectivity index (χ3v) is 4.91. The van der Waals surface area contributed by atoms with E-state index in [4.69, 9.17) is 17.4 Å². The predicted octanol–water partition coefficient (Wildman–Crippen LogP) is 2.66. The van der Waals surface area contributed by atoms with Gasteiger partial charge in [-0.1, -0.05) is 23.7 Å². The Kier molecular flexibility index (Phi) is 4.47. The molecule has 0 aliphatic heterocycles. The number of nitrogens with zero attached hydrogens (tertiary/aromatic N) is 1. The minimum absolute atomic E-state index is 0.0239. The van der Waals surface area contributed by atoms with Crippen molar-refractivity contribution in [2.24, 2.45) is 10.9 Å². The molecule has 0 aliphatic rings. The van der Waals surface area contributed by atoms with Crippen molar-refractivity contribution in [2.75, 3.05) is 6.26 Å². The zero-order chi connectivity index (χ0) is 14.8. The third kappa shape index (κ3) is 3.82. The Labute approximate surface area is 126 Å². The standard InChI is InChI=1S/C13H13ClN2O2S2/c1-20(17,18)8-11-6-7-12(19-11)13(16-15)9-2-4-10(14)5-3-9/h2-7H,8,15H2,1H3. The lowest BCUT2D eigenvalue weighted by atomic mass is 10.1. The fourth-order valence-corrected chi connectivity index (χ4v) is 4.17. The second kappa shape index (κ2) is 5.95. The lowest BCUT2D eigenvalue weighted by Crippen LogP contribution is -2.04. The molecule has 0 radical (unpaired) electrons. The van der Waals surface area contributed by atoms with Gasteiger partial charge in [0.25, 0.3) is 0 Å². The van der Waals surface area contributed by atoms with Gasteiger partial charge in [-0.3, -0.25) is 0 Å². The number of hydrogen-bond donors (Lipinski definition) is 1. The molecule has 7 heteroatoms. The maximum atomic E-state index is 11.3. The quantitative estimate of drug-likeness (QED) is 0.533. The molecule has 2 aromatic rings. The average molecular weight is 329 g/mol. The number of hydrogen-bond acceptors (Lipinski definition) is 5. The highest BCUT2D eigenvalue weighted by Crippen LogP contribution is 2.23. The van der Waals surface area contributed by atoms with Gasteiger partial charge in [-0.05, 0) is 24.3 Å². The first kappa shape index (κ1) is 15.0. The molecule has 20 heavy (non-hydrogen) atoms. The highest BCUT2D eigenvalue weighted by molar-refractivity contribution is 7.90. The van der Waals surface area contributed by atoms with Crippen LogP contribution in [0, 0.1) is 0 Å². The molecular weight excluding hydrogens is 316 g/mol. The minimum atomic E-state index is -3.04. The highest BCUT2D eigenvalue weighted by Gasteiger charge is 2.12. The molecule has 0 saturated heterocycles. The van der Waals surface area contributed by atoms with Crippen LogP contribution in [0.3, 0.4) is 0 Å². The van der Waals surface area contributed by atoms with Crippen LogP contribution >= 0.6 is 22.9 Å². The van der Waals surface area contributed by atoms with Crippen LogP contribution in [0.4, 0.5) is 0 Å². The van der Waals surface area contributed by atoms with E-state index >= 15 is 0 Å². The summed E-state index contributed by atoms with van der Waals surface area (Å²) in [5.41, 5.74) is 1.45. The van der Waals surface area contributed by atoms with E-state index in [0.717, 1.165) is 15.3 Å². The molecule has 0 fully saturated rings. The van der Waals surface area contributed by atoms with E-state index in [0.29, 0.717) is 10.7 Å². The summed E-state index contributed by atoms with van der Waals surface area (Å²) in [7, 11) is -3.04. The minimum Gasteiger partial charge on any atom is -0.323 e. The Morgan fingerprint density at radius 2 is 1.90 bits per heavy atom. The number of thiophene rings is 1. The van der Waals surface area contributed by atoms with E-state index in [-0.39, 0.29) is 5.75 Å². The van der Waals surface area contributed by atoms with Gasteiger partial charge in [0.15, 0.2) is 9.84 Å². The molecule has 106 valence electrons. The highest BCUT2D eigenvalue weighted by atomic mass is 35.5. The SMILES string of the molecule is CS(=O)(=O)Cc1ccc(C(=NN)c2ccc(Cl)cc2)s1. The molecule has 4 nitrogen and oxygen atoms in total. The molecule has 0 aliphatic carbocycles. The van der Waals surface area contributed by atoms with Crippen LogP contribution in [0.15, 0.2) is 41.5 Å². The van der Waals surface area contributed by atoms with E-state index in [1.807, 2.05) is 18.2 Å². The van der Waals surface area contributed by atoms with E-state index in [1.165, 1.54) is 17.6 Å². The van der Waals surface area contributed by atoms with Crippen molar-refractivity contribution in [1.29, 1.82) is 0 Å². The molecule has 1 aromatic heterocycles. The van der Waals surface area contributed by atoms with Crippen LogP contribution in [-0.4, -0.2) is 20.4 Å². The Hall–Kier alpha value is -1.37. The predicted molar refractivity (Wildman–Crippen MR) is 84.1 cm³/mol. The van der Waals surface area contributed by atoms with Crippen LogP contribution in [0.5, 0.6) is 0 Å². The van der Waals surface area contributed by atoms with Gasteiger partial charge in [0.2, 0.25) is 0 Å². The van der Waals surface area contributed by atoms with Crippen LogP contribution in [0.1, 0.15) is 15.3 Å². The van der Waals surface area contributed by atoms with E-state index < -0.39 is 9.84 Å². The van der Waals surface area contributed by atoms with Gasteiger partial charge in [0.1, 0.15) is 5.71 Å². The van der Waals surface area contributed by atoms with E-state index in [1.54, 1.807) is 18.2 Å². The Balaban J connectivity index is 2.32. The number of rotatable bonds is 4. The van der Waals surface area contributed by atoms with Gasteiger partial charge in [0.05, 0.1) is 10.6 Å². The molecule has 1 aromatic carbocycles. The smallest absolute Gasteiger partial charge is 0.152 e. The fourth-order valence-electron chi connectivity index (χ4n) is 1.73. The Bertz CT molecular complexity index is 734. The van der Waals surface area contributed by atoms with Crippen molar-refractivity contribution in [1.82, 2.24) is 0 Å². The van der Waals surface area contributed by atoms with Crippen molar-refractivity contribution >= 4 is 38.5 Å². The number of nitrogens with two attached hydrogens (primary N) is 1. The van der Waals surface area contributed by atoms with Gasteiger partial charge in [-0.15, -0.1) is 11.3 Å². The topological polar surface area (TPSA) is 72.5 Å². The summed E-state index contributed by atoms with van der Waals surface area (Å²) in [6.45, 7) is 0. The zero-order valence-corrected chi connectivity index (χ0v) is 13.1. The summed E-state index contributed by atoms with van der Waals surface area (Å²) in [4.78, 5) is 1.59. The Morgan fingerprint density at radius 3 is 2.45 bits per heavy atom. The van der Waals surface area contributed by atoms with Crippen molar-refractivity contribution in [3.63, 3.8) is 0 Å². The summed E-state index contributed by atoms with van der Waals surface area (Å²) in [6.07, 6.45) is 1.21. The third-order valence-electron chi connectivity index (χ3n) is 2.55. The van der Waals surface area contributed by atoms with Gasteiger partial charge in [0, 0.05) is 21.7 Å². The van der Waals surface area contributed by atoms with Crippen LogP contribution < -0.4 is 5.84 Å². The fraction of sp³-hybridized carbons (Fsp3) is 0.154. The van der Waals surface area contributed by atoms with Gasteiger partial charge in [-0.25, -0.2) is 8.42 Å². The first-order chi connectivity index (χ1) is 9.39. The van der Waals surface area contributed by atoms with Crippen molar-refractivity contribution in [3.8, 4) is 0 Å². The summed E-state index contributed by atoms with van der Waals surface area (Å²) in [6, 6.07) is 10.8. The molecule has 0 amide bonds. The zero-order valence-electron chi connectivity index (χ0n) is 10.7. The maximum Gasteiger partial charge on any atom is 0.152 e. The summed E-state index contributed by atoms with van der Waals surface area (Å²) in [5.74, 6) is 5.48. The second-order valence-electron chi connectivity index (χ2n) is 4.32. The van der Waals surface area contributed by atoms with E-state index in [9.17, 15) is 8.42 Å². The van der Waals surface area contributed by atoms with Crippen LogP contribution in [0.25, 0.3) is 0 Å². The molecule has 1 heterocycles. The van der Waals surface area contributed by atoms with Gasteiger partial charge >= 0.3 is 0 Å². The molecule has 0 saturated carbocycles. The largest absolute Gasteiger partial charge is 0.323 e. The Morgan fingerprint density at radius 1 is 1.25 bits per heavy atom. The van der Waals surface area contributed by atoms with E-state index in [2.05, 4.69) is 5.10 Å². The molecule has 0 spiro atoms. The van der Waals surface area contributed by atoms with Crippen LogP contribution in [-0.2, 0) is 15.6 Å². The average Bonchev–Trinajstić information content (AvgIpc) is 2.78. The number of benzene rings is 1. The number of sulfone groups is 1. The number of halogens is 1. The molecule has 0 atom stereocenters. The molecule has 0 unspecified atom stereocenters. The second-order valence-corrected chi connectivity index (χ2v) is 8.07. The lowest BCUT2D eigenvalue weighted by Gasteiger charge is -2.03. The number of hydrazone groups is 1. The normalized spacial score (nSPS) is 12.6. The molecule has 2 N–H and O–H groups in total. The van der Waals surface area contributed by atoms with Crippen molar-refractivity contribution in [2.45, 2.75) is 5.75 Å². The maximum absolute atomic E-state index is 11.3. The summed E-state index contributed by atoms with van der Waals surface area (Å²) >= 11 is 7.22. The van der Waals surface area contributed by atoms with Crippen molar-refractivity contribution < 1.29 is 8.42 Å². The molecular formula is C13H13ClN2O2S2. The first-order valence-corrected chi connectivity index (χ1v) is 8.95. The van der Waals surface area contributed by atoms with Crippen LogP contribution in [0.2, 0.25) is 5.02 Å². The van der Waals surface area contributed by atoms with Crippen molar-refractivity contribution in [3.05, 3.63) is 56.7 Å². The first-order valence-electron chi connectivity index (χ1n) is 5.69. The molecule has 0 bridgehead atoms. The lowest BCUT2D eigenvalue weighted by molar-refractivity contribution is 0.601. The molecule has 2 rings (SSSR count). The van der Waals surface area contributed by atoms with Gasteiger partial charge in [-0.2, -0.15) is 5.10 Å². The van der Waals surface area contributed by atoms with Gasteiger partial charge < -0.3 is 5.84 Å². The summed E-state index contributed by atoms with van der Waals surface area (Å²) < 4.78 is 22.6. The summed E-state index contributed by atoms with van der Waals surface area (Å²) in [5, 5.41) is 4.44.